The van der Waals surface area contributed by atoms with Gasteiger partial charge in [0.2, 0.25) is 0 Å². The van der Waals surface area contributed by atoms with E-state index >= 15 is 0 Å². The van der Waals surface area contributed by atoms with Crippen LogP contribution in [-0.4, -0.2) is 63.2 Å². The second-order valence-electron chi connectivity index (χ2n) is 10.0. The summed E-state index contributed by atoms with van der Waals surface area (Å²) in [6.07, 6.45) is 0.457. The molecule has 1 aliphatic heterocycles. The average Bonchev–Trinajstić information content (AvgIpc) is 3.45. The van der Waals surface area contributed by atoms with Crippen LogP contribution >= 0.6 is 0 Å². The van der Waals surface area contributed by atoms with Gasteiger partial charge in [0.1, 0.15) is 11.9 Å². The summed E-state index contributed by atoms with van der Waals surface area (Å²) < 4.78 is 50.0. The van der Waals surface area contributed by atoms with Gasteiger partial charge in [-0.1, -0.05) is 13.8 Å². The topological polar surface area (TPSA) is 98.7 Å². The lowest BCUT2D eigenvalue weighted by Gasteiger charge is -2.42. The SMILES string of the molecule is CC(C)[C@@H](O)c1nc(-c2cnc(N)c(OC(F)(F)F)c2)cn1C12CC(C1)C(N1CCOCC1)C2. The molecule has 4 aliphatic rings. The van der Waals surface area contributed by atoms with E-state index in [1.807, 2.05) is 20.0 Å². The third kappa shape index (κ3) is 4.14. The van der Waals surface area contributed by atoms with Crippen molar-refractivity contribution in [1.82, 2.24) is 19.4 Å². The van der Waals surface area contributed by atoms with Gasteiger partial charge in [-0.05, 0) is 37.2 Å². The van der Waals surface area contributed by atoms with E-state index < -0.39 is 18.2 Å². The van der Waals surface area contributed by atoms with Crippen molar-refractivity contribution >= 4 is 5.82 Å². The Bertz CT molecular complexity index is 1040. The number of anilines is 1. The molecule has 6 rings (SSSR count). The third-order valence-corrected chi connectivity index (χ3v) is 7.48. The highest BCUT2D eigenvalue weighted by Gasteiger charge is 2.59. The van der Waals surface area contributed by atoms with Crippen molar-refractivity contribution in [1.29, 1.82) is 0 Å². The molecular formula is C23H30F3N5O3. The van der Waals surface area contributed by atoms with Crippen LogP contribution in [0.25, 0.3) is 11.3 Å². The van der Waals surface area contributed by atoms with E-state index in [-0.39, 0.29) is 17.3 Å². The van der Waals surface area contributed by atoms with Crippen molar-refractivity contribution in [3.05, 3.63) is 24.3 Å². The first-order chi connectivity index (χ1) is 16.1. The number of aliphatic hydroxyl groups excluding tert-OH is 1. The normalized spacial score (nSPS) is 28.2. The number of ether oxygens (including phenoxy) is 2. The number of nitrogens with zero attached hydrogens (tertiary/aromatic N) is 4. The minimum atomic E-state index is -4.88. The maximum Gasteiger partial charge on any atom is 0.573 e. The van der Waals surface area contributed by atoms with Crippen LogP contribution in [0.4, 0.5) is 19.0 Å². The van der Waals surface area contributed by atoms with E-state index in [9.17, 15) is 18.3 Å². The molecule has 0 amide bonds. The number of morpholine rings is 1. The summed E-state index contributed by atoms with van der Waals surface area (Å²) in [7, 11) is 0. The van der Waals surface area contributed by atoms with Crippen molar-refractivity contribution < 1.29 is 27.8 Å². The molecule has 1 unspecified atom stereocenters. The van der Waals surface area contributed by atoms with E-state index in [0.717, 1.165) is 45.6 Å². The van der Waals surface area contributed by atoms with E-state index in [1.54, 1.807) is 0 Å². The molecule has 4 fully saturated rings. The fraction of sp³-hybridized carbons (Fsp3) is 0.652. The van der Waals surface area contributed by atoms with Crippen molar-refractivity contribution in [2.75, 3.05) is 32.0 Å². The molecule has 3 saturated carbocycles. The summed E-state index contributed by atoms with van der Waals surface area (Å²) in [6.45, 7) is 7.16. The maximum atomic E-state index is 12.8. The van der Waals surface area contributed by atoms with Crippen LogP contribution in [0.15, 0.2) is 18.5 Å². The molecule has 34 heavy (non-hydrogen) atoms. The van der Waals surface area contributed by atoms with E-state index in [4.69, 9.17) is 10.5 Å². The Morgan fingerprint density at radius 3 is 2.59 bits per heavy atom. The second-order valence-corrected chi connectivity index (χ2v) is 10.0. The smallest absolute Gasteiger partial charge is 0.402 e. The summed E-state index contributed by atoms with van der Waals surface area (Å²) in [4.78, 5) is 11.1. The summed E-state index contributed by atoms with van der Waals surface area (Å²) >= 11 is 0. The monoisotopic (exact) mass is 481 g/mol. The quantitative estimate of drug-likeness (QED) is 0.653. The van der Waals surface area contributed by atoms with Crippen LogP contribution in [0.3, 0.4) is 0 Å². The molecule has 3 N–H and O–H groups in total. The number of fused-ring (bicyclic) bond motifs is 1. The van der Waals surface area contributed by atoms with Crippen LogP contribution in [0.2, 0.25) is 0 Å². The first kappa shape index (κ1) is 23.4. The molecule has 1 saturated heterocycles. The van der Waals surface area contributed by atoms with Gasteiger partial charge in [0, 0.05) is 42.6 Å². The molecule has 3 heterocycles. The minimum Gasteiger partial charge on any atom is -0.402 e. The highest BCUT2D eigenvalue weighted by Crippen LogP contribution is 2.59. The van der Waals surface area contributed by atoms with Crippen molar-refractivity contribution in [2.45, 2.75) is 57.2 Å². The predicted molar refractivity (Wildman–Crippen MR) is 118 cm³/mol. The zero-order valence-corrected chi connectivity index (χ0v) is 19.3. The Morgan fingerprint density at radius 1 is 1.24 bits per heavy atom. The zero-order chi connectivity index (χ0) is 24.3. The Kier molecular flexibility index (Phi) is 5.77. The van der Waals surface area contributed by atoms with Gasteiger partial charge in [0.25, 0.3) is 0 Å². The number of nitrogens with two attached hydrogens (primary N) is 1. The van der Waals surface area contributed by atoms with Gasteiger partial charge in [-0.15, -0.1) is 13.2 Å². The number of alkyl halides is 3. The Hall–Kier alpha value is -2.37. The summed E-state index contributed by atoms with van der Waals surface area (Å²) in [6, 6.07) is 1.66. The van der Waals surface area contributed by atoms with Crippen LogP contribution in [-0.2, 0) is 10.3 Å². The molecular weight excluding hydrogens is 451 g/mol. The fourth-order valence-electron chi connectivity index (χ4n) is 5.76. The van der Waals surface area contributed by atoms with Crippen molar-refractivity contribution in [2.24, 2.45) is 11.8 Å². The lowest BCUT2D eigenvalue weighted by Crippen LogP contribution is -2.45. The molecule has 0 aromatic carbocycles. The predicted octanol–water partition coefficient (Wildman–Crippen LogP) is 3.33. The summed E-state index contributed by atoms with van der Waals surface area (Å²) in [5.74, 6) is 0.110. The molecule has 2 aromatic rings. The number of imidazole rings is 1. The molecule has 2 bridgehead atoms. The number of hydrogen-bond acceptors (Lipinski definition) is 7. The molecule has 186 valence electrons. The Morgan fingerprint density at radius 2 is 1.94 bits per heavy atom. The number of rotatable bonds is 6. The van der Waals surface area contributed by atoms with Crippen LogP contribution in [0.5, 0.6) is 5.75 Å². The fourth-order valence-corrected chi connectivity index (χ4v) is 5.76. The van der Waals surface area contributed by atoms with E-state index in [1.165, 1.54) is 12.3 Å². The number of pyridine rings is 1. The molecule has 2 aromatic heterocycles. The highest BCUT2D eigenvalue weighted by atomic mass is 19.4. The number of aliphatic hydroxyl groups is 1. The van der Waals surface area contributed by atoms with Crippen LogP contribution in [0.1, 0.15) is 45.0 Å². The highest BCUT2D eigenvalue weighted by molar-refractivity contribution is 5.64. The van der Waals surface area contributed by atoms with Crippen LogP contribution in [0, 0.1) is 11.8 Å². The Labute approximate surface area is 195 Å². The number of halogens is 3. The van der Waals surface area contributed by atoms with Gasteiger partial charge < -0.3 is 24.9 Å². The van der Waals surface area contributed by atoms with Gasteiger partial charge in [0.15, 0.2) is 11.6 Å². The number of hydrogen-bond donors (Lipinski definition) is 2. The first-order valence-corrected chi connectivity index (χ1v) is 11.7. The molecule has 3 aliphatic carbocycles. The first-order valence-electron chi connectivity index (χ1n) is 11.7. The number of nitrogen functional groups attached to an aromatic ring is 1. The van der Waals surface area contributed by atoms with Crippen molar-refractivity contribution in [3.8, 4) is 17.0 Å². The lowest BCUT2D eigenvalue weighted by molar-refractivity contribution is -0.274. The molecule has 8 nitrogen and oxygen atoms in total. The van der Waals surface area contributed by atoms with Gasteiger partial charge in [-0.3, -0.25) is 4.90 Å². The summed E-state index contributed by atoms with van der Waals surface area (Å²) in [5, 5.41) is 11.0. The standard InChI is InChI=1S/C23H30F3N5O3/c1-13(2)19(32)21-29-16(14-7-18(20(27)28-11-14)34-23(24,25)26)12-31(21)22-8-15(9-22)17(10-22)30-3-5-33-6-4-30/h7,11-13,15,17,19,32H,3-6,8-10H2,1-2H3,(H2,27,28)/t15?,17?,19-,22?/m1/s1. The molecule has 11 heteroatoms. The summed E-state index contributed by atoms with van der Waals surface area (Å²) in [5.41, 5.74) is 6.22. The average molecular weight is 482 g/mol. The third-order valence-electron chi connectivity index (χ3n) is 7.48. The Balaban J connectivity index is 1.49. The van der Waals surface area contributed by atoms with Gasteiger partial charge in [0.05, 0.1) is 18.9 Å². The van der Waals surface area contributed by atoms with Gasteiger partial charge in [-0.25, -0.2) is 9.97 Å². The minimum absolute atomic E-state index is 0.0774. The lowest BCUT2D eigenvalue weighted by atomic mass is 9.76. The number of aromatic nitrogens is 3. The molecule has 2 atom stereocenters. The van der Waals surface area contributed by atoms with Gasteiger partial charge >= 0.3 is 6.36 Å². The maximum absolute atomic E-state index is 12.8. The second kappa shape index (κ2) is 8.39. The van der Waals surface area contributed by atoms with E-state index in [0.29, 0.717) is 29.0 Å². The largest absolute Gasteiger partial charge is 0.573 e. The molecule has 0 radical (unpaired) electrons. The van der Waals surface area contributed by atoms with Crippen molar-refractivity contribution in [3.63, 3.8) is 0 Å². The van der Waals surface area contributed by atoms with E-state index in [2.05, 4.69) is 24.2 Å². The zero-order valence-electron chi connectivity index (χ0n) is 19.3. The van der Waals surface area contributed by atoms with Gasteiger partial charge in [-0.2, -0.15) is 0 Å². The van der Waals surface area contributed by atoms with Crippen LogP contribution < -0.4 is 10.5 Å². The molecule has 0 spiro atoms.